The van der Waals surface area contributed by atoms with Gasteiger partial charge < -0.3 is 8.75 Å². The van der Waals surface area contributed by atoms with Crippen molar-refractivity contribution in [3.63, 3.8) is 0 Å². The summed E-state index contributed by atoms with van der Waals surface area (Å²) in [5.41, 5.74) is 4.16. The predicted molar refractivity (Wildman–Crippen MR) is 118 cm³/mol. The van der Waals surface area contributed by atoms with Crippen molar-refractivity contribution in [2.24, 2.45) is 4.99 Å². The Balaban J connectivity index is 1.96. The van der Waals surface area contributed by atoms with Gasteiger partial charge in [-0.25, -0.2) is 9.37 Å². The molecule has 2 aromatic carbocycles. The molecular weight excluding hydrogens is 385 g/mol. The molecule has 2 aromatic heterocycles. The van der Waals surface area contributed by atoms with Crippen LogP contribution < -0.4 is 0 Å². The minimum atomic E-state index is -0.352. The largest absolute Gasteiger partial charge is 0.317 e. The molecule has 0 saturated heterocycles. The van der Waals surface area contributed by atoms with Gasteiger partial charge in [0, 0.05) is 58.6 Å². The minimum absolute atomic E-state index is 0.325. The van der Waals surface area contributed by atoms with Gasteiger partial charge in [-0.3, -0.25) is 4.99 Å². The first-order valence-electron chi connectivity index (χ1n) is 9.14. The van der Waals surface area contributed by atoms with Crippen LogP contribution in [0.25, 0.3) is 27.8 Å². The van der Waals surface area contributed by atoms with Crippen molar-refractivity contribution in [2.75, 3.05) is 14.2 Å². The van der Waals surface area contributed by atoms with E-state index in [0.29, 0.717) is 11.4 Å². The van der Waals surface area contributed by atoms with Crippen LogP contribution in [0.1, 0.15) is 11.3 Å². The molecule has 4 nitrogen and oxygen atoms in total. The summed E-state index contributed by atoms with van der Waals surface area (Å²) in [6.45, 7) is 1.96. The Morgan fingerprint density at radius 1 is 1.10 bits per heavy atom. The number of para-hydroxylation sites is 1. The van der Waals surface area contributed by atoms with Gasteiger partial charge in [-0.2, -0.15) is 0 Å². The SMILES string of the molecule is CN=Cc1ccn(-c2c(F)c(-c3ccc(SOC)cc3)nc3ccccc23)c1C. The number of hydrogen-bond donors (Lipinski definition) is 0. The van der Waals surface area contributed by atoms with Crippen LogP contribution in [0.4, 0.5) is 4.39 Å². The third-order valence-electron chi connectivity index (χ3n) is 4.81. The number of fused-ring (bicyclic) bond motifs is 1. The molecule has 29 heavy (non-hydrogen) atoms. The molecule has 0 atom stereocenters. The lowest BCUT2D eigenvalue weighted by Gasteiger charge is -2.15. The third kappa shape index (κ3) is 3.57. The van der Waals surface area contributed by atoms with Crippen molar-refractivity contribution in [3.05, 3.63) is 77.9 Å². The van der Waals surface area contributed by atoms with E-state index in [-0.39, 0.29) is 5.82 Å². The van der Waals surface area contributed by atoms with E-state index >= 15 is 4.39 Å². The molecule has 146 valence electrons. The van der Waals surface area contributed by atoms with Crippen molar-refractivity contribution < 1.29 is 8.57 Å². The van der Waals surface area contributed by atoms with Gasteiger partial charge in [0.2, 0.25) is 0 Å². The Hall–Kier alpha value is -2.96. The fourth-order valence-corrected chi connectivity index (χ4v) is 3.85. The monoisotopic (exact) mass is 405 g/mol. The lowest BCUT2D eigenvalue weighted by Crippen LogP contribution is -2.04. The number of rotatable bonds is 5. The zero-order chi connectivity index (χ0) is 20.4. The Labute approximate surface area is 173 Å². The normalized spacial score (nSPS) is 11.6. The predicted octanol–water partition coefficient (Wildman–Crippen LogP) is 5.84. The Kier molecular flexibility index (Phi) is 5.47. The van der Waals surface area contributed by atoms with E-state index in [0.717, 1.165) is 32.6 Å². The lowest BCUT2D eigenvalue weighted by atomic mass is 10.1. The van der Waals surface area contributed by atoms with Gasteiger partial charge in [0.25, 0.3) is 0 Å². The molecule has 0 N–H and O–H groups in total. The Morgan fingerprint density at radius 2 is 1.86 bits per heavy atom. The van der Waals surface area contributed by atoms with Gasteiger partial charge in [0.05, 0.1) is 18.3 Å². The summed E-state index contributed by atoms with van der Waals surface area (Å²) in [4.78, 5) is 9.66. The van der Waals surface area contributed by atoms with Crippen molar-refractivity contribution >= 4 is 29.2 Å². The topological polar surface area (TPSA) is 39.4 Å². The van der Waals surface area contributed by atoms with Crippen LogP contribution >= 0.6 is 12.0 Å². The second-order valence-electron chi connectivity index (χ2n) is 6.53. The molecule has 4 rings (SSSR count). The minimum Gasteiger partial charge on any atom is -0.317 e. The fourth-order valence-electron chi connectivity index (χ4n) is 3.41. The molecule has 0 fully saturated rings. The van der Waals surface area contributed by atoms with E-state index in [9.17, 15) is 0 Å². The first kappa shape index (κ1) is 19.4. The third-order valence-corrected chi connectivity index (χ3v) is 5.44. The van der Waals surface area contributed by atoms with Gasteiger partial charge in [-0.05, 0) is 31.2 Å². The molecule has 2 heterocycles. The van der Waals surface area contributed by atoms with Crippen molar-refractivity contribution in [3.8, 4) is 16.9 Å². The van der Waals surface area contributed by atoms with Crippen LogP contribution in [-0.4, -0.2) is 29.9 Å². The molecular formula is C23H20FN3OS. The van der Waals surface area contributed by atoms with Gasteiger partial charge in [0.1, 0.15) is 5.69 Å². The van der Waals surface area contributed by atoms with E-state index in [1.165, 1.54) is 12.0 Å². The zero-order valence-corrected chi connectivity index (χ0v) is 17.2. The summed E-state index contributed by atoms with van der Waals surface area (Å²) in [7, 11) is 3.34. The van der Waals surface area contributed by atoms with E-state index < -0.39 is 0 Å². The van der Waals surface area contributed by atoms with E-state index in [1.54, 1.807) is 20.4 Å². The van der Waals surface area contributed by atoms with E-state index in [2.05, 4.69) is 9.98 Å². The van der Waals surface area contributed by atoms with Crippen LogP contribution in [-0.2, 0) is 4.18 Å². The molecule has 0 amide bonds. The molecule has 4 aromatic rings. The molecule has 6 heteroatoms. The quantitative estimate of drug-likeness (QED) is 0.309. The van der Waals surface area contributed by atoms with Crippen molar-refractivity contribution in [1.82, 2.24) is 9.55 Å². The van der Waals surface area contributed by atoms with Crippen molar-refractivity contribution in [1.29, 1.82) is 0 Å². The summed E-state index contributed by atoms with van der Waals surface area (Å²) in [6, 6.07) is 17.1. The second-order valence-corrected chi connectivity index (χ2v) is 7.50. The van der Waals surface area contributed by atoms with Crippen LogP contribution in [0, 0.1) is 12.7 Å². The number of nitrogens with zero attached hydrogens (tertiary/aromatic N) is 3. The van der Waals surface area contributed by atoms with Gasteiger partial charge in [0.15, 0.2) is 5.82 Å². The van der Waals surface area contributed by atoms with Gasteiger partial charge in [-0.15, -0.1) is 0 Å². The standard InChI is InChI=1S/C23H20FN3OS/c1-15-17(14-25-2)12-13-27(15)23-19-6-4-5-7-20(19)26-22(21(23)24)16-8-10-18(11-9-16)29-28-3/h4-14H,1-3H3. The molecule has 0 unspecified atom stereocenters. The number of aliphatic imine (C=N–C) groups is 1. The first-order valence-corrected chi connectivity index (χ1v) is 9.88. The molecule has 0 radical (unpaired) electrons. The average molecular weight is 405 g/mol. The van der Waals surface area contributed by atoms with E-state index in [1.807, 2.05) is 72.3 Å². The summed E-state index contributed by atoms with van der Waals surface area (Å²) in [5.74, 6) is -0.352. The highest BCUT2D eigenvalue weighted by atomic mass is 32.2. The Bertz CT molecular complexity index is 1200. The molecule has 0 aliphatic heterocycles. The maximum absolute atomic E-state index is 15.9. The average Bonchev–Trinajstić information content (AvgIpc) is 3.09. The number of aromatic nitrogens is 2. The summed E-state index contributed by atoms with van der Waals surface area (Å²) in [6.07, 6.45) is 3.65. The van der Waals surface area contributed by atoms with Crippen LogP contribution in [0.5, 0.6) is 0 Å². The maximum atomic E-state index is 15.9. The van der Waals surface area contributed by atoms with Gasteiger partial charge in [-0.1, -0.05) is 30.3 Å². The molecule has 0 aliphatic rings. The van der Waals surface area contributed by atoms with Crippen LogP contribution in [0.3, 0.4) is 0 Å². The van der Waals surface area contributed by atoms with Crippen LogP contribution in [0.15, 0.2) is 70.7 Å². The highest BCUT2D eigenvalue weighted by Gasteiger charge is 2.19. The highest BCUT2D eigenvalue weighted by molar-refractivity contribution is 7.94. The lowest BCUT2D eigenvalue weighted by molar-refractivity contribution is 0.490. The zero-order valence-electron chi connectivity index (χ0n) is 16.4. The fraction of sp³-hybridized carbons (Fsp3) is 0.130. The number of pyridine rings is 1. The Morgan fingerprint density at radius 3 is 2.59 bits per heavy atom. The summed E-state index contributed by atoms with van der Waals surface area (Å²) >= 11 is 1.26. The molecule has 0 saturated carbocycles. The number of benzene rings is 2. The smallest absolute Gasteiger partial charge is 0.174 e. The highest BCUT2D eigenvalue weighted by Crippen LogP contribution is 2.33. The maximum Gasteiger partial charge on any atom is 0.174 e. The second kappa shape index (κ2) is 8.19. The summed E-state index contributed by atoms with van der Waals surface area (Å²) in [5, 5.41) is 0.763. The molecule has 0 aliphatic carbocycles. The first-order chi connectivity index (χ1) is 14.1. The van der Waals surface area contributed by atoms with Crippen LogP contribution in [0.2, 0.25) is 0 Å². The molecule has 0 bridgehead atoms. The number of halogens is 1. The van der Waals surface area contributed by atoms with E-state index in [4.69, 9.17) is 4.18 Å². The molecule has 0 spiro atoms. The van der Waals surface area contributed by atoms with Crippen molar-refractivity contribution in [2.45, 2.75) is 11.8 Å². The van der Waals surface area contributed by atoms with Gasteiger partial charge >= 0.3 is 0 Å². The number of hydrogen-bond acceptors (Lipinski definition) is 4. The summed E-state index contributed by atoms with van der Waals surface area (Å²) < 4.78 is 22.8.